The quantitative estimate of drug-likeness (QED) is 0.743. The Morgan fingerprint density at radius 1 is 1.04 bits per heavy atom. The molecule has 1 aromatic heterocycles. The van der Waals surface area contributed by atoms with Gasteiger partial charge in [0.1, 0.15) is 17.3 Å². The average Bonchev–Trinajstić information content (AvgIpc) is 3.10. The van der Waals surface area contributed by atoms with Crippen LogP contribution in [0, 0.1) is 5.82 Å². The van der Waals surface area contributed by atoms with Crippen LogP contribution in [0.4, 0.5) is 4.39 Å². The third-order valence-electron chi connectivity index (χ3n) is 3.15. The molecule has 5 heteroatoms. The molecule has 3 nitrogen and oxygen atoms in total. The van der Waals surface area contributed by atoms with Crippen molar-refractivity contribution in [2.24, 2.45) is 0 Å². The minimum atomic E-state index is -0.303. The molecule has 3 aromatic rings. The van der Waals surface area contributed by atoms with Gasteiger partial charge in [0.15, 0.2) is 0 Å². The molecule has 0 radical (unpaired) electrons. The van der Waals surface area contributed by atoms with Gasteiger partial charge in [0.25, 0.3) is 5.91 Å². The standard InChI is InChI=1S/C18H14FNO2S/c19-14-6-8-15(9-7-14)22-16-4-1-3-13(11-16)12-20-18(21)17-5-2-10-23-17/h1-11H,12H2,(H,20,21). The molecular weight excluding hydrogens is 313 g/mol. The van der Waals surface area contributed by atoms with Crippen molar-refractivity contribution in [1.29, 1.82) is 0 Å². The third kappa shape index (κ3) is 4.17. The van der Waals surface area contributed by atoms with Crippen LogP contribution in [0.25, 0.3) is 0 Å². The van der Waals surface area contributed by atoms with Crippen molar-refractivity contribution in [3.63, 3.8) is 0 Å². The number of rotatable bonds is 5. The van der Waals surface area contributed by atoms with Crippen molar-refractivity contribution in [1.82, 2.24) is 5.32 Å². The van der Waals surface area contributed by atoms with Crippen molar-refractivity contribution in [3.05, 3.63) is 82.3 Å². The number of thiophene rings is 1. The number of carbonyl (C=O) groups excluding carboxylic acids is 1. The molecule has 1 amide bonds. The minimum Gasteiger partial charge on any atom is -0.457 e. The first kappa shape index (κ1) is 15.2. The smallest absolute Gasteiger partial charge is 0.261 e. The van der Waals surface area contributed by atoms with Gasteiger partial charge in [0.2, 0.25) is 0 Å². The molecule has 23 heavy (non-hydrogen) atoms. The largest absolute Gasteiger partial charge is 0.457 e. The lowest BCUT2D eigenvalue weighted by Crippen LogP contribution is -2.21. The SMILES string of the molecule is O=C(NCc1cccc(Oc2ccc(F)cc2)c1)c1cccs1. The molecule has 2 aromatic carbocycles. The van der Waals surface area contributed by atoms with E-state index in [4.69, 9.17) is 4.74 Å². The molecule has 0 saturated heterocycles. The lowest BCUT2D eigenvalue weighted by atomic mass is 10.2. The maximum absolute atomic E-state index is 12.9. The average molecular weight is 327 g/mol. The number of halogens is 1. The zero-order valence-electron chi connectivity index (χ0n) is 12.2. The number of hydrogen-bond donors (Lipinski definition) is 1. The predicted molar refractivity (Wildman–Crippen MR) is 88.4 cm³/mol. The zero-order chi connectivity index (χ0) is 16.1. The van der Waals surface area contributed by atoms with Crippen molar-refractivity contribution >= 4 is 17.2 Å². The highest BCUT2D eigenvalue weighted by molar-refractivity contribution is 7.12. The fraction of sp³-hybridized carbons (Fsp3) is 0.0556. The van der Waals surface area contributed by atoms with Gasteiger partial charge in [0.05, 0.1) is 4.88 Å². The summed E-state index contributed by atoms with van der Waals surface area (Å²) in [6, 6.07) is 16.9. The number of carbonyl (C=O) groups is 1. The van der Waals surface area contributed by atoms with Crippen LogP contribution in [-0.2, 0) is 6.54 Å². The van der Waals surface area contributed by atoms with Crippen molar-refractivity contribution in [2.75, 3.05) is 0 Å². The van der Waals surface area contributed by atoms with Gasteiger partial charge >= 0.3 is 0 Å². The van der Waals surface area contributed by atoms with Crippen LogP contribution in [0.1, 0.15) is 15.2 Å². The summed E-state index contributed by atoms with van der Waals surface area (Å²) in [5.41, 5.74) is 0.925. The maximum atomic E-state index is 12.9. The number of ether oxygens (including phenoxy) is 1. The Hall–Kier alpha value is -2.66. The third-order valence-corrected chi connectivity index (χ3v) is 4.01. The summed E-state index contributed by atoms with van der Waals surface area (Å²) in [6.45, 7) is 0.414. The highest BCUT2D eigenvalue weighted by atomic mass is 32.1. The van der Waals surface area contributed by atoms with Gasteiger partial charge in [-0.1, -0.05) is 18.2 Å². The van der Waals surface area contributed by atoms with Gasteiger partial charge in [-0.2, -0.15) is 0 Å². The number of nitrogens with one attached hydrogen (secondary N) is 1. The Balaban J connectivity index is 1.63. The molecule has 3 rings (SSSR count). The predicted octanol–water partition coefficient (Wildman–Crippen LogP) is 4.61. The molecule has 0 aliphatic carbocycles. The van der Waals surface area contributed by atoms with Crippen molar-refractivity contribution in [2.45, 2.75) is 6.54 Å². The summed E-state index contributed by atoms with van der Waals surface area (Å²) < 4.78 is 18.6. The molecule has 0 bridgehead atoms. The molecule has 0 aliphatic heterocycles. The Bertz CT molecular complexity index is 785. The highest BCUT2D eigenvalue weighted by Crippen LogP contribution is 2.22. The van der Waals surface area contributed by atoms with Crippen LogP contribution < -0.4 is 10.1 Å². The Morgan fingerprint density at radius 3 is 2.61 bits per heavy atom. The highest BCUT2D eigenvalue weighted by Gasteiger charge is 2.06. The van der Waals surface area contributed by atoms with Crippen LogP contribution >= 0.6 is 11.3 Å². The fourth-order valence-electron chi connectivity index (χ4n) is 2.03. The molecule has 0 saturated carbocycles. The van der Waals surface area contributed by atoms with Crippen LogP contribution in [0.15, 0.2) is 66.0 Å². The Kier molecular flexibility index (Phi) is 4.68. The summed E-state index contributed by atoms with van der Waals surface area (Å²) in [6.07, 6.45) is 0. The van der Waals surface area contributed by atoms with Crippen LogP contribution in [0.5, 0.6) is 11.5 Å². The first-order chi connectivity index (χ1) is 11.2. The molecule has 0 aliphatic rings. The van der Waals surface area contributed by atoms with Crippen molar-refractivity contribution in [3.8, 4) is 11.5 Å². The molecule has 1 N–H and O–H groups in total. The van der Waals surface area contributed by atoms with Crippen LogP contribution in [-0.4, -0.2) is 5.91 Å². The van der Waals surface area contributed by atoms with Gasteiger partial charge in [-0.05, 0) is 53.4 Å². The molecule has 0 fully saturated rings. The van der Waals surface area contributed by atoms with Gasteiger partial charge in [-0.15, -0.1) is 11.3 Å². The number of hydrogen-bond acceptors (Lipinski definition) is 3. The normalized spacial score (nSPS) is 10.3. The van der Waals surface area contributed by atoms with Crippen LogP contribution in [0.3, 0.4) is 0 Å². The Labute approximate surface area is 137 Å². The maximum Gasteiger partial charge on any atom is 0.261 e. The van der Waals surface area contributed by atoms with Gasteiger partial charge < -0.3 is 10.1 Å². The van der Waals surface area contributed by atoms with E-state index >= 15 is 0 Å². The van der Waals surface area contributed by atoms with E-state index in [2.05, 4.69) is 5.32 Å². The molecule has 0 atom stereocenters. The second kappa shape index (κ2) is 7.07. The summed E-state index contributed by atoms with van der Waals surface area (Å²) in [5.74, 6) is 0.804. The van der Waals surface area contributed by atoms with E-state index in [0.717, 1.165) is 5.56 Å². The number of amides is 1. The lowest BCUT2D eigenvalue weighted by Gasteiger charge is -2.08. The van der Waals surface area contributed by atoms with E-state index in [-0.39, 0.29) is 11.7 Å². The summed E-state index contributed by atoms with van der Waals surface area (Å²) in [5, 5.41) is 4.73. The first-order valence-electron chi connectivity index (χ1n) is 7.05. The molecule has 116 valence electrons. The second-order valence-electron chi connectivity index (χ2n) is 4.86. The fourth-order valence-corrected chi connectivity index (χ4v) is 2.67. The zero-order valence-corrected chi connectivity index (χ0v) is 13.0. The van der Waals surface area contributed by atoms with Crippen LogP contribution in [0.2, 0.25) is 0 Å². The molecule has 0 unspecified atom stereocenters. The lowest BCUT2D eigenvalue weighted by molar-refractivity contribution is 0.0955. The van der Waals surface area contributed by atoms with E-state index in [1.807, 2.05) is 35.7 Å². The summed E-state index contributed by atoms with van der Waals surface area (Å²) in [4.78, 5) is 12.6. The second-order valence-corrected chi connectivity index (χ2v) is 5.81. The topological polar surface area (TPSA) is 38.3 Å². The van der Waals surface area contributed by atoms with E-state index in [0.29, 0.717) is 22.9 Å². The van der Waals surface area contributed by atoms with E-state index in [1.54, 1.807) is 18.2 Å². The van der Waals surface area contributed by atoms with Crippen molar-refractivity contribution < 1.29 is 13.9 Å². The summed E-state index contributed by atoms with van der Waals surface area (Å²) >= 11 is 1.40. The monoisotopic (exact) mass is 327 g/mol. The molecule has 0 spiro atoms. The summed E-state index contributed by atoms with van der Waals surface area (Å²) in [7, 11) is 0. The minimum absolute atomic E-state index is 0.0927. The van der Waals surface area contributed by atoms with E-state index in [1.165, 1.54) is 23.5 Å². The number of benzene rings is 2. The van der Waals surface area contributed by atoms with E-state index < -0.39 is 0 Å². The van der Waals surface area contributed by atoms with Gasteiger partial charge in [-0.3, -0.25) is 4.79 Å². The Morgan fingerprint density at radius 2 is 1.87 bits per heavy atom. The van der Waals surface area contributed by atoms with Gasteiger partial charge in [-0.25, -0.2) is 4.39 Å². The first-order valence-corrected chi connectivity index (χ1v) is 7.93. The van der Waals surface area contributed by atoms with Gasteiger partial charge in [0, 0.05) is 6.54 Å². The van der Waals surface area contributed by atoms with E-state index in [9.17, 15) is 9.18 Å². The molecular formula is C18H14FNO2S. The molecule has 1 heterocycles.